The summed E-state index contributed by atoms with van der Waals surface area (Å²) in [5.74, 6) is -2.16. The fourth-order valence-electron chi connectivity index (χ4n) is 6.96. The van der Waals surface area contributed by atoms with Gasteiger partial charge in [-0.05, 0) is 67.9 Å². The number of carbonyl (C=O) groups is 4. The van der Waals surface area contributed by atoms with Crippen molar-refractivity contribution in [1.82, 2.24) is 20.2 Å². The predicted molar refractivity (Wildman–Crippen MR) is 173 cm³/mol. The number of nitrogens with one attached hydrogen (secondary N) is 3. The minimum atomic E-state index is -1.90. The molecule has 1 aliphatic carbocycles. The predicted octanol–water partition coefficient (Wildman–Crippen LogP) is 1.50. The number of esters is 1. The molecular weight excluding hydrogens is 604 g/mol. The van der Waals surface area contributed by atoms with Gasteiger partial charge in [-0.15, -0.1) is 0 Å². The van der Waals surface area contributed by atoms with Gasteiger partial charge in [-0.1, -0.05) is 20.8 Å². The number of ether oxygens (including phenoxy) is 1. The number of fused-ring (bicyclic) bond motifs is 5. The van der Waals surface area contributed by atoms with Crippen molar-refractivity contribution in [2.75, 3.05) is 11.9 Å². The summed E-state index contributed by atoms with van der Waals surface area (Å²) < 4.78 is 6.82. The van der Waals surface area contributed by atoms with Crippen LogP contribution < -0.4 is 27.2 Å². The number of aromatic nitrogens is 2. The molecule has 3 aliphatic rings. The minimum Gasteiger partial charge on any atom is -0.458 e. The molecule has 1 aromatic carbocycles. The quantitative estimate of drug-likeness (QED) is 0.168. The van der Waals surface area contributed by atoms with Crippen molar-refractivity contribution in [1.29, 1.82) is 0 Å². The van der Waals surface area contributed by atoms with E-state index in [2.05, 4.69) is 16.0 Å². The average Bonchev–Trinajstić information content (AvgIpc) is 3.42. The lowest BCUT2D eigenvalue weighted by atomic mass is 9.85. The Kier molecular flexibility index (Phi) is 8.39. The lowest BCUT2D eigenvalue weighted by Crippen LogP contribution is -2.53. The number of amides is 3. The number of nitrogens with zero attached hydrogens (tertiary/aromatic N) is 2. The number of aryl methyl sites for hydroxylation is 2. The van der Waals surface area contributed by atoms with E-state index in [0.29, 0.717) is 35.6 Å². The van der Waals surface area contributed by atoms with Gasteiger partial charge in [-0.25, -0.2) is 9.78 Å². The molecule has 6 N–H and O–H groups in total. The fourth-order valence-corrected chi connectivity index (χ4v) is 6.96. The SMILES string of the molecule is CC[C@@]1(O)C(=O)OCc2c1cc1n(c2=O)Cc2c-1nc1ccc(NC(=O)[C@H](C)NC(=O)[C@@H](NC(=O)CCN)C(C)C)c3c1c2CCC3. The van der Waals surface area contributed by atoms with Gasteiger partial charge in [0, 0.05) is 35.2 Å². The minimum absolute atomic E-state index is 0.0643. The van der Waals surface area contributed by atoms with Crippen LogP contribution in [-0.4, -0.2) is 57.0 Å². The Morgan fingerprint density at radius 2 is 1.81 bits per heavy atom. The molecule has 0 fully saturated rings. The second kappa shape index (κ2) is 12.2. The lowest BCUT2D eigenvalue weighted by molar-refractivity contribution is -0.172. The van der Waals surface area contributed by atoms with Crippen molar-refractivity contribution in [2.45, 2.75) is 90.6 Å². The number of carbonyl (C=O) groups excluding carboxylic acids is 4. The van der Waals surface area contributed by atoms with Gasteiger partial charge < -0.3 is 36.1 Å². The molecule has 0 bridgehead atoms. The van der Waals surface area contributed by atoms with Crippen molar-refractivity contribution in [3.8, 4) is 11.4 Å². The number of anilines is 1. The summed E-state index contributed by atoms with van der Waals surface area (Å²) in [6, 6.07) is 3.63. The second-order valence-corrected chi connectivity index (χ2v) is 12.9. The van der Waals surface area contributed by atoms with E-state index in [1.165, 1.54) is 0 Å². The summed E-state index contributed by atoms with van der Waals surface area (Å²) >= 11 is 0. The van der Waals surface area contributed by atoms with E-state index in [9.17, 15) is 29.1 Å². The Balaban J connectivity index is 1.30. The van der Waals surface area contributed by atoms with E-state index in [-0.39, 0.29) is 54.5 Å². The molecule has 47 heavy (non-hydrogen) atoms. The summed E-state index contributed by atoms with van der Waals surface area (Å²) in [5.41, 5.74) is 9.21. The van der Waals surface area contributed by atoms with Gasteiger partial charge in [0.25, 0.3) is 5.56 Å². The maximum atomic E-state index is 13.7. The van der Waals surface area contributed by atoms with Gasteiger partial charge in [-0.2, -0.15) is 0 Å². The third-order valence-corrected chi connectivity index (χ3v) is 9.58. The Bertz CT molecular complexity index is 1900. The number of hydrogen-bond donors (Lipinski definition) is 5. The summed E-state index contributed by atoms with van der Waals surface area (Å²) in [5, 5.41) is 20.5. The molecule has 2 aliphatic heterocycles. The first kappa shape index (κ1) is 32.3. The van der Waals surface area contributed by atoms with Gasteiger partial charge in [-0.3, -0.25) is 19.2 Å². The summed E-state index contributed by atoms with van der Waals surface area (Å²) in [7, 11) is 0. The first-order valence-corrected chi connectivity index (χ1v) is 16.1. The molecule has 0 radical (unpaired) electrons. The van der Waals surface area contributed by atoms with Crippen molar-refractivity contribution >= 4 is 40.3 Å². The van der Waals surface area contributed by atoms with Gasteiger partial charge in [0.05, 0.1) is 29.0 Å². The third-order valence-electron chi connectivity index (χ3n) is 9.58. The molecule has 13 heteroatoms. The van der Waals surface area contributed by atoms with Gasteiger partial charge >= 0.3 is 5.97 Å². The number of benzene rings is 1. The van der Waals surface area contributed by atoms with Crippen molar-refractivity contribution in [3.63, 3.8) is 0 Å². The third kappa shape index (κ3) is 5.36. The Morgan fingerprint density at radius 1 is 1.06 bits per heavy atom. The second-order valence-electron chi connectivity index (χ2n) is 12.9. The monoisotopic (exact) mass is 644 g/mol. The average molecular weight is 645 g/mol. The summed E-state index contributed by atoms with van der Waals surface area (Å²) in [6.45, 7) is 7.15. The zero-order valence-corrected chi connectivity index (χ0v) is 27.0. The van der Waals surface area contributed by atoms with E-state index < -0.39 is 35.5 Å². The van der Waals surface area contributed by atoms with E-state index in [4.69, 9.17) is 15.5 Å². The van der Waals surface area contributed by atoms with E-state index in [1.54, 1.807) is 30.5 Å². The number of nitrogens with two attached hydrogens (primary N) is 1. The summed E-state index contributed by atoms with van der Waals surface area (Å²) in [6.07, 6.45) is 2.44. The molecule has 3 aromatic rings. The van der Waals surface area contributed by atoms with Crippen LogP contribution >= 0.6 is 0 Å². The zero-order chi connectivity index (χ0) is 33.8. The maximum Gasteiger partial charge on any atom is 0.343 e. The normalized spacial score (nSPS) is 18.9. The molecule has 0 unspecified atom stereocenters. The highest BCUT2D eigenvalue weighted by Crippen LogP contribution is 2.43. The molecule has 4 heterocycles. The Labute approximate surface area is 271 Å². The highest BCUT2D eigenvalue weighted by molar-refractivity contribution is 6.02. The highest BCUT2D eigenvalue weighted by atomic mass is 16.6. The number of pyridine rings is 2. The first-order valence-electron chi connectivity index (χ1n) is 16.1. The number of hydrogen-bond acceptors (Lipinski definition) is 9. The van der Waals surface area contributed by atoms with E-state index >= 15 is 0 Å². The lowest BCUT2D eigenvalue weighted by Gasteiger charge is -2.31. The molecule has 0 spiro atoms. The number of rotatable bonds is 9. The van der Waals surface area contributed by atoms with Gasteiger partial charge in [0.15, 0.2) is 5.60 Å². The van der Waals surface area contributed by atoms with Gasteiger partial charge in [0.1, 0.15) is 18.7 Å². The van der Waals surface area contributed by atoms with Crippen LogP contribution in [0.5, 0.6) is 0 Å². The van der Waals surface area contributed by atoms with Crippen LogP contribution in [0.3, 0.4) is 0 Å². The molecule has 248 valence electrons. The largest absolute Gasteiger partial charge is 0.458 e. The molecular formula is C34H40N6O7. The maximum absolute atomic E-state index is 13.7. The smallest absolute Gasteiger partial charge is 0.343 e. The standard InChI is InChI=1S/C34H40N6O7/c1-5-34(46)22-13-25-29-20(14-40(25)32(44)21(22)15-47-33(34)45)18-7-6-8-19-23(9-10-24(37-29)27(18)19)38-30(42)17(4)36-31(43)28(16(2)3)39-26(41)11-12-35/h9-10,13,16-17,28,46H,5-8,11-12,14-15,35H2,1-4H3,(H,36,43)(H,38,42)(H,39,41)/t17-,28-,34-/m0/s1. The molecule has 0 saturated carbocycles. The van der Waals surface area contributed by atoms with Crippen LogP contribution in [0.15, 0.2) is 23.0 Å². The molecule has 2 aromatic heterocycles. The fraction of sp³-hybridized carbons (Fsp3) is 0.471. The van der Waals surface area contributed by atoms with Crippen LogP contribution in [0.1, 0.15) is 74.8 Å². The molecule has 13 nitrogen and oxygen atoms in total. The van der Waals surface area contributed by atoms with Crippen LogP contribution in [0, 0.1) is 5.92 Å². The van der Waals surface area contributed by atoms with Crippen molar-refractivity contribution < 1.29 is 29.0 Å². The van der Waals surface area contributed by atoms with Gasteiger partial charge in [0.2, 0.25) is 17.7 Å². The summed E-state index contributed by atoms with van der Waals surface area (Å²) in [4.78, 5) is 69.6. The van der Waals surface area contributed by atoms with E-state index in [0.717, 1.165) is 34.9 Å². The van der Waals surface area contributed by atoms with Crippen LogP contribution in [-0.2, 0) is 55.5 Å². The van der Waals surface area contributed by atoms with Crippen molar-refractivity contribution in [2.24, 2.45) is 11.7 Å². The molecule has 3 atom stereocenters. The Hall–Kier alpha value is -4.62. The van der Waals surface area contributed by atoms with E-state index in [1.807, 2.05) is 19.9 Å². The molecule has 6 rings (SSSR count). The molecule has 3 amide bonds. The zero-order valence-electron chi connectivity index (χ0n) is 27.0. The van der Waals surface area contributed by atoms with Crippen LogP contribution in [0.2, 0.25) is 0 Å². The van der Waals surface area contributed by atoms with Crippen LogP contribution in [0.25, 0.3) is 22.3 Å². The number of cyclic esters (lactones) is 1. The van der Waals surface area contributed by atoms with Crippen LogP contribution in [0.4, 0.5) is 5.69 Å². The topological polar surface area (TPSA) is 195 Å². The first-order chi connectivity index (χ1) is 22.4. The highest BCUT2D eigenvalue weighted by Gasteiger charge is 2.45. The number of aliphatic hydroxyl groups is 1. The molecule has 0 saturated heterocycles. The van der Waals surface area contributed by atoms with Crippen molar-refractivity contribution in [3.05, 3.63) is 56.4 Å². The Morgan fingerprint density at radius 3 is 2.51 bits per heavy atom.